The Bertz CT molecular complexity index is 1150. The third-order valence-electron chi connectivity index (χ3n) is 7.84. The van der Waals surface area contributed by atoms with Crippen molar-refractivity contribution < 1.29 is 19.4 Å². The summed E-state index contributed by atoms with van der Waals surface area (Å²) in [6, 6.07) is 3.33. The van der Waals surface area contributed by atoms with E-state index in [1.54, 1.807) is 11.7 Å². The second-order valence-electron chi connectivity index (χ2n) is 11.3. The van der Waals surface area contributed by atoms with Gasteiger partial charge in [0.15, 0.2) is 0 Å². The number of halogens is 1. The number of anilines is 1. The first-order chi connectivity index (χ1) is 19.2. The second kappa shape index (κ2) is 13.8. The lowest BCUT2D eigenvalue weighted by Crippen LogP contribution is -2.47. The minimum Gasteiger partial charge on any atom is -0.480 e. The summed E-state index contributed by atoms with van der Waals surface area (Å²) in [5.41, 5.74) is 2.23. The highest BCUT2D eigenvalue weighted by molar-refractivity contribution is 6.31. The molecule has 1 atom stereocenters. The molecule has 3 heterocycles. The van der Waals surface area contributed by atoms with Gasteiger partial charge in [-0.3, -0.25) is 9.48 Å². The number of aliphatic carboxylic acids is 1. The number of carboxylic acid groups (broad SMARTS) is 1. The van der Waals surface area contributed by atoms with Crippen LogP contribution in [0.2, 0.25) is 5.02 Å². The number of carboxylic acids is 1. The summed E-state index contributed by atoms with van der Waals surface area (Å²) in [7, 11) is 1.75. The molecule has 1 aliphatic heterocycles. The maximum Gasteiger partial charge on any atom is 0.326 e. The van der Waals surface area contributed by atoms with Crippen molar-refractivity contribution >= 4 is 29.3 Å². The maximum atomic E-state index is 13.3. The van der Waals surface area contributed by atoms with Gasteiger partial charge in [0.05, 0.1) is 35.0 Å². The van der Waals surface area contributed by atoms with E-state index in [0.29, 0.717) is 49.7 Å². The molecule has 11 heteroatoms. The van der Waals surface area contributed by atoms with Crippen LogP contribution in [0.25, 0.3) is 0 Å². The molecule has 0 radical (unpaired) electrons. The smallest absolute Gasteiger partial charge is 0.326 e. The zero-order valence-corrected chi connectivity index (χ0v) is 24.7. The lowest BCUT2D eigenvalue weighted by Gasteiger charge is -2.26. The number of pyridine rings is 1. The predicted octanol–water partition coefficient (Wildman–Crippen LogP) is 3.57. The summed E-state index contributed by atoms with van der Waals surface area (Å²) in [4.78, 5) is 32.4. The molecule has 2 aliphatic rings. The van der Waals surface area contributed by atoms with Gasteiger partial charge in [-0.15, -0.1) is 0 Å². The van der Waals surface area contributed by atoms with E-state index < -0.39 is 17.4 Å². The number of aryl methyl sites for hydroxylation is 3. The van der Waals surface area contributed by atoms with E-state index in [1.165, 1.54) is 11.8 Å². The van der Waals surface area contributed by atoms with Gasteiger partial charge in [-0.05, 0) is 83.4 Å². The Morgan fingerprint density at radius 1 is 1.25 bits per heavy atom. The number of ether oxygens (including phenoxy) is 1. The van der Waals surface area contributed by atoms with Gasteiger partial charge in [0.2, 0.25) is 5.91 Å². The Morgan fingerprint density at radius 2 is 2.05 bits per heavy atom. The molecular formula is C29H43ClN6O4. The molecule has 220 valence electrons. The lowest BCUT2D eigenvalue weighted by molar-refractivity contribution is -0.142. The highest BCUT2D eigenvalue weighted by Crippen LogP contribution is 2.50. The number of hydrogen-bond donors (Lipinski definition) is 3. The molecule has 0 saturated heterocycles. The van der Waals surface area contributed by atoms with Crippen molar-refractivity contribution in [3.05, 3.63) is 40.3 Å². The first kappa shape index (κ1) is 30.3. The van der Waals surface area contributed by atoms with Crippen LogP contribution < -0.4 is 10.6 Å². The van der Waals surface area contributed by atoms with Crippen molar-refractivity contribution in [3.8, 4) is 0 Å². The summed E-state index contributed by atoms with van der Waals surface area (Å²) in [5, 5.41) is 20.7. The van der Waals surface area contributed by atoms with Crippen molar-refractivity contribution in [2.75, 3.05) is 38.1 Å². The van der Waals surface area contributed by atoms with E-state index in [1.807, 2.05) is 13.8 Å². The molecule has 0 unspecified atom stereocenters. The van der Waals surface area contributed by atoms with Gasteiger partial charge >= 0.3 is 5.97 Å². The summed E-state index contributed by atoms with van der Waals surface area (Å²) >= 11 is 6.31. The van der Waals surface area contributed by atoms with Crippen LogP contribution in [0.3, 0.4) is 0 Å². The van der Waals surface area contributed by atoms with Crippen LogP contribution in [0.5, 0.6) is 0 Å². The number of aromatic nitrogens is 3. The van der Waals surface area contributed by atoms with Crippen LogP contribution in [0, 0.1) is 0 Å². The van der Waals surface area contributed by atoms with Crippen molar-refractivity contribution in [1.82, 2.24) is 25.0 Å². The number of carbonyl (C=O) groups is 2. The second-order valence-corrected chi connectivity index (χ2v) is 11.7. The first-order valence-corrected chi connectivity index (χ1v) is 14.9. The van der Waals surface area contributed by atoms with Crippen molar-refractivity contribution in [2.45, 2.75) is 82.8 Å². The number of hydrogen-bond acceptors (Lipinski definition) is 7. The van der Waals surface area contributed by atoms with Gasteiger partial charge in [0, 0.05) is 32.4 Å². The molecule has 1 aliphatic carbocycles. The molecule has 0 bridgehead atoms. The van der Waals surface area contributed by atoms with Crippen LogP contribution in [-0.2, 0) is 39.6 Å². The fraction of sp³-hybridized carbons (Fsp3) is 0.655. The molecule has 4 rings (SSSR count). The molecule has 2 aromatic heterocycles. The summed E-state index contributed by atoms with van der Waals surface area (Å²) in [6.07, 6.45) is 8.28. The number of fused-ring (bicyclic) bond motifs is 1. The van der Waals surface area contributed by atoms with Gasteiger partial charge in [-0.25, -0.2) is 9.78 Å². The zero-order valence-electron chi connectivity index (χ0n) is 23.9. The summed E-state index contributed by atoms with van der Waals surface area (Å²) < 4.78 is 7.38. The fourth-order valence-electron chi connectivity index (χ4n) is 5.41. The van der Waals surface area contributed by atoms with E-state index >= 15 is 0 Å². The summed E-state index contributed by atoms with van der Waals surface area (Å²) in [6.45, 7) is 7.62. The number of rotatable bonds is 16. The van der Waals surface area contributed by atoms with E-state index in [0.717, 1.165) is 56.7 Å². The standard InChI is InChI=1S/C29H43ClN6O4/c1-20(2)40-18-17-36(15-5-4-8-22-10-9-21-7-6-14-31-26(21)33-22)16-11-24(27(37)38)34-28(39)29(12-13-29)25-23(30)19-32-35(25)3/h9-10,19-20,24H,4-8,11-18H2,1-3H3,(H,31,33)(H,34,39)(H,37,38)/t24-/m0/s1. The molecule has 10 nitrogen and oxygen atoms in total. The quantitative estimate of drug-likeness (QED) is 0.260. The Balaban J connectivity index is 1.30. The highest BCUT2D eigenvalue weighted by Gasteiger charge is 2.55. The van der Waals surface area contributed by atoms with Gasteiger partial charge in [-0.2, -0.15) is 5.10 Å². The Hall–Kier alpha value is -2.69. The highest BCUT2D eigenvalue weighted by atomic mass is 35.5. The molecule has 2 aromatic rings. The Labute approximate surface area is 241 Å². The number of nitrogens with zero attached hydrogens (tertiary/aromatic N) is 4. The average molecular weight is 575 g/mol. The molecule has 3 N–H and O–H groups in total. The van der Waals surface area contributed by atoms with Crippen LogP contribution in [0.4, 0.5) is 5.82 Å². The largest absolute Gasteiger partial charge is 0.480 e. The number of nitrogens with one attached hydrogen (secondary N) is 2. The Kier molecular flexibility index (Phi) is 10.4. The zero-order chi connectivity index (χ0) is 28.7. The van der Waals surface area contributed by atoms with Gasteiger partial charge in [-0.1, -0.05) is 17.7 Å². The van der Waals surface area contributed by atoms with Gasteiger partial charge in [0.1, 0.15) is 11.9 Å². The minimum atomic E-state index is -1.04. The van der Waals surface area contributed by atoms with Crippen LogP contribution >= 0.6 is 11.6 Å². The third-order valence-corrected chi connectivity index (χ3v) is 8.11. The summed E-state index contributed by atoms with van der Waals surface area (Å²) in [5.74, 6) is -0.311. The maximum absolute atomic E-state index is 13.3. The van der Waals surface area contributed by atoms with Gasteiger partial charge < -0.3 is 25.4 Å². The predicted molar refractivity (Wildman–Crippen MR) is 155 cm³/mol. The van der Waals surface area contributed by atoms with Gasteiger partial charge in [0.25, 0.3) is 0 Å². The molecular weight excluding hydrogens is 532 g/mol. The molecule has 1 saturated carbocycles. The topological polar surface area (TPSA) is 122 Å². The Morgan fingerprint density at radius 3 is 2.73 bits per heavy atom. The number of amides is 1. The minimum absolute atomic E-state index is 0.130. The number of carbonyl (C=O) groups excluding carboxylic acids is 1. The van der Waals surface area contributed by atoms with Crippen LogP contribution in [-0.4, -0.2) is 81.6 Å². The monoisotopic (exact) mass is 574 g/mol. The third kappa shape index (κ3) is 7.73. The molecule has 0 aromatic carbocycles. The fourth-order valence-corrected chi connectivity index (χ4v) is 5.76. The van der Waals surface area contributed by atoms with E-state index in [9.17, 15) is 14.7 Å². The van der Waals surface area contributed by atoms with E-state index in [4.69, 9.17) is 21.3 Å². The van der Waals surface area contributed by atoms with E-state index in [-0.39, 0.29) is 12.0 Å². The first-order valence-electron chi connectivity index (χ1n) is 14.5. The molecule has 1 fully saturated rings. The number of unbranched alkanes of at least 4 members (excludes halogenated alkanes) is 1. The molecule has 1 amide bonds. The van der Waals surface area contributed by atoms with E-state index in [2.05, 4.69) is 32.8 Å². The van der Waals surface area contributed by atoms with Crippen molar-refractivity contribution in [1.29, 1.82) is 0 Å². The molecule has 0 spiro atoms. The molecule has 40 heavy (non-hydrogen) atoms. The lowest BCUT2D eigenvalue weighted by atomic mass is 10.00. The SMILES string of the molecule is CC(C)OCCN(CCCCc1ccc2c(n1)NCCC2)CC[C@H](NC(=O)C1(c2c(Cl)cnn2C)CC1)C(=O)O. The normalized spacial score (nSPS) is 16.4. The van der Waals surface area contributed by atoms with Crippen molar-refractivity contribution in [3.63, 3.8) is 0 Å². The van der Waals surface area contributed by atoms with Crippen LogP contribution in [0.1, 0.15) is 69.3 Å². The van der Waals surface area contributed by atoms with Crippen molar-refractivity contribution in [2.24, 2.45) is 7.05 Å². The van der Waals surface area contributed by atoms with Crippen LogP contribution in [0.15, 0.2) is 18.3 Å². The average Bonchev–Trinajstić information content (AvgIpc) is 3.65.